The van der Waals surface area contributed by atoms with Crippen molar-refractivity contribution < 1.29 is 48.1 Å². The zero-order valence-corrected chi connectivity index (χ0v) is 52.9. The number of anilines is 1. The number of aromatic amines is 2. The van der Waals surface area contributed by atoms with Crippen molar-refractivity contribution in [3.8, 4) is 44.1 Å². The van der Waals surface area contributed by atoms with E-state index in [1.807, 2.05) is 69.9 Å². The number of likely N-dealkylation sites (tertiary alicyclic amines) is 2. The molecule has 4 atom stereocenters. The maximum atomic E-state index is 14.5. The van der Waals surface area contributed by atoms with E-state index in [2.05, 4.69) is 68.9 Å². The Balaban J connectivity index is 0.628. The van der Waals surface area contributed by atoms with Gasteiger partial charge < -0.3 is 54.6 Å². The van der Waals surface area contributed by atoms with Crippen LogP contribution in [0.25, 0.3) is 44.1 Å². The molecular weight excluding hydrogens is 1180 g/mol. The molecule has 4 aromatic heterocycles. The summed E-state index contributed by atoms with van der Waals surface area (Å²) in [6, 6.07) is 26.6. The van der Waals surface area contributed by atoms with Crippen LogP contribution in [0.4, 0.5) is 15.3 Å². The number of nitrogens with one attached hydrogen (secondary N) is 4. The van der Waals surface area contributed by atoms with E-state index in [0.29, 0.717) is 74.9 Å². The number of aromatic nitrogens is 5. The van der Waals surface area contributed by atoms with E-state index in [1.165, 1.54) is 36.9 Å². The molecule has 0 spiro atoms. The number of rotatable bonds is 23. The first-order valence-electron chi connectivity index (χ1n) is 31.7. The molecule has 22 heteroatoms. The Hall–Kier alpha value is -8.21. The number of aromatic carboxylic acids is 1. The number of unbranched alkanes of at least 4 members (excludes halogenated alkanes) is 1. The third-order valence-electron chi connectivity index (χ3n) is 18.5. The van der Waals surface area contributed by atoms with Crippen molar-refractivity contribution >= 4 is 64.2 Å². The fourth-order valence-electron chi connectivity index (χ4n) is 13.5. The second-order valence-electron chi connectivity index (χ2n) is 24.3. The molecule has 0 unspecified atom stereocenters. The molecule has 0 bridgehead atoms. The van der Waals surface area contributed by atoms with Gasteiger partial charge in [0, 0.05) is 49.0 Å². The van der Waals surface area contributed by atoms with E-state index < -0.39 is 30.3 Å². The number of H-pyrrole nitrogens is 2. The van der Waals surface area contributed by atoms with E-state index in [0.717, 1.165) is 121 Å². The summed E-state index contributed by atoms with van der Waals surface area (Å²) in [6.45, 7) is 3.91. The average molecular weight is 1260 g/mol. The maximum Gasteiger partial charge on any atom is 0.407 e. The van der Waals surface area contributed by atoms with Gasteiger partial charge in [-0.15, -0.1) is 22.7 Å². The van der Waals surface area contributed by atoms with Crippen LogP contribution in [0.2, 0.25) is 0 Å². The average Bonchev–Trinajstić information content (AvgIpc) is 1.65. The largest absolute Gasteiger partial charge is 0.477 e. The molecule has 6 heterocycles. The van der Waals surface area contributed by atoms with Gasteiger partial charge in [-0.2, -0.15) is 0 Å². The molecule has 5 amide bonds. The fourth-order valence-corrected chi connectivity index (χ4v) is 15.1. The van der Waals surface area contributed by atoms with E-state index in [-0.39, 0.29) is 59.2 Å². The van der Waals surface area contributed by atoms with Gasteiger partial charge in [0.2, 0.25) is 11.8 Å². The first-order valence-corrected chi connectivity index (χ1v) is 33.4. The zero-order chi connectivity index (χ0) is 62.7. The number of thiophene rings is 1. The number of alkyl carbamates (subject to hydrolysis) is 2. The predicted octanol–water partition coefficient (Wildman–Crippen LogP) is 13.2. The lowest BCUT2D eigenvalue weighted by Gasteiger charge is -2.39. The van der Waals surface area contributed by atoms with Crippen LogP contribution in [0.1, 0.15) is 155 Å². The van der Waals surface area contributed by atoms with Crippen molar-refractivity contribution in [2.24, 2.45) is 17.8 Å². The van der Waals surface area contributed by atoms with Crippen LogP contribution in [0.5, 0.6) is 0 Å². The number of nitrogens with zero attached hydrogens (tertiary/aromatic N) is 6. The molecule has 11 rings (SSSR count). The number of amides is 5. The lowest BCUT2D eigenvalue weighted by Crippen LogP contribution is -2.48. The van der Waals surface area contributed by atoms with Crippen LogP contribution in [0, 0.1) is 17.8 Å². The summed E-state index contributed by atoms with van der Waals surface area (Å²) < 4.78 is 16.1. The molecule has 2 saturated carbocycles. The van der Waals surface area contributed by atoms with Crippen LogP contribution in [0.3, 0.4) is 0 Å². The highest BCUT2D eigenvalue weighted by Gasteiger charge is 2.40. The molecule has 4 fully saturated rings. The monoisotopic (exact) mass is 1260 g/mol. The Bertz CT molecular complexity index is 3560. The number of carboxylic acids is 1. The highest BCUT2D eigenvalue weighted by atomic mass is 32.1. The van der Waals surface area contributed by atoms with Gasteiger partial charge in [-0.3, -0.25) is 14.4 Å². The van der Waals surface area contributed by atoms with Gasteiger partial charge in [-0.05, 0) is 148 Å². The van der Waals surface area contributed by atoms with E-state index in [1.54, 1.807) is 16.6 Å². The molecule has 2 aliphatic carbocycles. The van der Waals surface area contributed by atoms with Crippen LogP contribution in [-0.2, 0) is 28.6 Å². The Morgan fingerprint density at radius 2 is 1.32 bits per heavy atom. The lowest BCUT2D eigenvalue weighted by atomic mass is 9.80. The molecule has 4 aliphatic rings. The first kappa shape index (κ1) is 63.4. The minimum atomic E-state index is -1.03. The Morgan fingerprint density at radius 1 is 0.711 bits per heavy atom. The molecule has 0 radical (unpaired) electrons. The Labute approximate surface area is 532 Å². The third-order valence-corrected chi connectivity index (χ3v) is 20.3. The van der Waals surface area contributed by atoms with E-state index >= 15 is 0 Å². The van der Waals surface area contributed by atoms with Gasteiger partial charge in [-0.25, -0.2) is 29.3 Å². The number of carbonyl (C=O) groups excluding carboxylic acids is 5. The van der Waals surface area contributed by atoms with Crippen molar-refractivity contribution in [2.75, 3.05) is 45.4 Å². The van der Waals surface area contributed by atoms with Gasteiger partial charge in [0.05, 0.1) is 66.5 Å². The normalized spacial score (nSPS) is 20.7. The Kier molecular flexibility index (Phi) is 20.8. The first-order chi connectivity index (χ1) is 43.8. The smallest absolute Gasteiger partial charge is 0.407 e. The lowest BCUT2D eigenvalue weighted by molar-refractivity contribution is -0.143. The maximum absolute atomic E-state index is 14.5. The number of methoxy groups -OCH3 is 2. The number of hydrogen-bond acceptors (Lipinski definition) is 14. The minimum Gasteiger partial charge on any atom is -0.477 e. The second-order valence-corrected chi connectivity index (χ2v) is 26.1. The highest BCUT2D eigenvalue weighted by Crippen LogP contribution is 2.43. The summed E-state index contributed by atoms with van der Waals surface area (Å²) in [4.78, 5) is 108. The molecular formula is C68H80N10O10S2. The van der Waals surface area contributed by atoms with Crippen LogP contribution in [-0.4, -0.2) is 128 Å². The summed E-state index contributed by atoms with van der Waals surface area (Å²) in [5.74, 6) is 0.791. The number of ether oxygens (including phenoxy) is 3. The highest BCUT2D eigenvalue weighted by molar-refractivity contribution is 7.18. The van der Waals surface area contributed by atoms with Gasteiger partial charge in [0.25, 0.3) is 5.91 Å². The van der Waals surface area contributed by atoms with Crippen molar-refractivity contribution in [2.45, 2.75) is 140 Å². The zero-order valence-electron chi connectivity index (χ0n) is 51.3. The molecule has 474 valence electrons. The van der Waals surface area contributed by atoms with Gasteiger partial charge in [-0.1, -0.05) is 85.8 Å². The summed E-state index contributed by atoms with van der Waals surface area (Å²) in [7, 11) is 2.80. The summed E-state index contributed by atoms with van der Waals surface area (Å²) in [6.07, 6.45) is 13.5. The minimum absolute atomic E-state index is 0.0322. The van der Waals surface area contributed by atoms with Gasteiger partial charge in [0.15, 0.2) is 6.10 Å². The number of benzene rings is 3. The Morgan fingerprint density at radius 3 is 1.90 bits per heavy atom. The molecule has 7 aromatic rings. The SMILES string of the molecule is COC(=O)N[C@@H](CCCCNC(=O)OCCC1CCC(N(C(=O)C2CCC(C)CC2)c2cc(-c3ccccc3)sc2C(=O)O)CC1)C(=O)N1CCC[C@H]1c1ncc(-c2ccc(-c3ccc(-c4cnc([C@@H]5CCCN5C(=O)[C@H](OC)c5cscn5)[nH]4)cc3)cc2)[nH]1. The number of carboxylic acid groups (broad SMARTS) is 1. The van der Waals surface area contributed by atoms with Crippen LogP contribution < -0.4 is 15.5 Å². The van der Waals surface area contributed by atoms with Crippen LogP contribution in [0.15, 0.2) is 108 Å². The predicted molar refractivity (Wildman–Crippen MR) is 344 cm³/mol. The number of imidazole rings is 2. The molecule has 5 N–H and O–H groups in total. The summed E-state index contributed by atoms with van der Waals surface area (Å²) in [5, 5.41) is 17.9. The van der Waals surface area contributed by atoms with Crippen molar-refractivity contribution in [1.82, 2.24) is 45.4 Å². The standard InChI is InChI=1S/C68H80N10O10S2/c1-42-16-20-49(21-17-42)63(79)78(57-37-58(90-60(57)66(82)83)48-11-5-4-6-12-48)50-30-18-43(19-31-50)32-36-88-67(84)69-33-8-7-13-51(75-68(85)87-3)64(80)76-34-9-14-55(76)61-70-38-52(73-61)46-26-22-44(23-27-46)45-24-28-47(29-25-45)53-39-71-62(74-53)56-15-10-35-77(56)65(81)59(86-2)54-40-89-41-72-54/h4-6,11-12,22-29,37-43,49-51,55-56,59H,7-10,13-21,30-36H2,1-3H3,(H,69,84)(H,70,73)(H,71,74)(H,75,85)(H,82,83)/t42?,43?,49?,50?,51-,55-,56-,59+/m0/s1. The molecule has 2 saturated heterocycles. The summed E-state index contributed by atoms with van der Waals surface area (Å²) >= 11 is 2.65. The molecule has 90 heavy (non-hydrogen) atoms. The topological polar surface area (TPSA) is 254 Å². The van der Waals surface area contributed by atoms with Gasteiger partial charge >= 0.3 is 18.2 Å². The fraction of sp³-hybridized carbons (Fsp3) is 0.456. The van der Waals surface area contributed by atoms with Crippen LogP contribution >= 0.6 is 22.7 Å². The van der Waals surface area contributed by atoms with E-state index in [9.17, 15) is 33.9 Å². The number of thiazole rings is 1. The number of carbonyl (C=O) groups is 6. The quantitative estimate of drug-likeness (QED) is 0.0374. The molecule has 20 nitrogen and oxygen atoms in total. The van der Waals surface area contributed by atoms with Crippen molar-refractivity contribution in [3.05, 3.63) is 130 Å². The number of hydrogen-bond donors (Lipinski definition) is 5. The van der Waals surface area contributed by atoms with E-state index in [4.69, 9.17) is 24.2 Å². The molecule has 2 aliphatic heterocycles. The van der Waals surface area contributed by atoms with Gasteiger partial charge in [0.1, 0.15) is 22.6 Å². The van der Waals surface area contributed by atoms with Crippen molar-refractivity contribution in [3.63, 3.8) is 0 Å². The third kappa shape index (κ3) is 14.8. The molecule has 3 aromatic carbocycles. The summed E-state index contributed by atoms with van der Waals surface area (Å²) in [5.41, 5.74) is 9.41. The van der Waals surface area contributed by atoms with Crippen molar-refractivity contribution in [1.29, 1.82) is 0 Å². The second kappa shape index (κ2) is 29.6.